The van der Waals surface area contributed by atoms with Gasteiger partial charge in [-0.05, 0) is 61.0 Å². The van der Waals surface area contributed by atoms with E-state index in [1.165, 1.54) is 12.8 Å². The molecule has 6 heteroatoms. The summed E-state index contributed by atoms with van der Waals surface area (Å²) in [6, 6.07) is 8.05. The summed E-state index contributed by atoms with van der Waals surface area (Å²) in [5.41, 5.74) is 6.56. The molecule has 0 aliphatic heterocycles. The van der Waals surface area contributed by atoms with Crippen LogP contribution < -0.4 is 16.2 Å². The Morgan fingerprint density at radius 1 is 1.29 bits per heavy atom. The smallest absolute Gasteiger partial charge is 0.249 e. The second-order valence-corrected chi connectivity index (χ2v) is 7.43. The van der Waals surface area contributed by atoms with E-state index >= 15 is 0 Å². The molecule has 3 N–H and O–H groups in total. The first-order valence-electron chi connectivity index (χ1n) is 7.04. The molecule has 2 saturated carbocycles. The molecule has 1 aromatic carbocycles. The van der Waals surface area contributed by atoms with Gasteiger partial charge in [0.15, 0.2) is 5.11 Å². The highest BCUT2D eigenvalue weighted by atomic mass is 79.9. The number of thiocarbonyl (C=S) groups is 1. The first-order valence-corrected chi connectivity index (χ1v) is 8.24. The molecule has 1 amide bonds. The highest BCUT2D eigenvalue weighted by Crippen LogP contribution is 2.69. The number of rotatable bonds is 2. The van der Waals surface area contributed by atoms with Crippen LogP contribution in [0.3, 0.4) is 0 Å². The van der Waals surface area contributed by atoms with Gasteiger partial charge in [-0.2, -0.15) is 0 Å². The maximum Gasteiger partial charge on any atom is 0.249 e. The molecule has 0 saturated heterocycles. The molecule has 4 nitrogen and oxygen atoms in total. The molecule has 0 atom stereocenters. The van der Waals surface area contributed by atoms with Gasteiger partial charge in [0.05, 0.1) is 5.41 Å². The number of nitrogens with one attached hydrogen (secondary N) is 3. The summed E-state index contributed by atoms with van der Waals surface area (Å²) in [4.78, 5) is 12.7. The predicted molar refractivity (Wildman–Crippen MR) is 89.7 cm³/mol. The summed E-state index contributed by atoms with van der Waals surface area (Å²) >= 11 is 8.50. The van der Waals surface area contributed by atoms with E-state index in [0.717, 1.165) is 22.9 Å². The second-order valence-electron chi connectivity index (χ2n) is 6.10. The maximum atomic E-state index is 12.7. The summed E-state index contributed by atoms with van der Waals surface area (Å²) in [6.07, 6.45) is 4.35. The number of hydrogen-bond acceptors (Lipinski definition) is 2. The zero-order valence-electron chi connectivity index (χ0n) is 11.8. The van der Waals surface area contributed by atoms with E-state index in [-0.39, 0.29) is 5.91 Å². The van der Waals surface area contributed by atoms with Gasteiger partial charge in [0.2, 0.25) is 5.91 Å². The van der Waals surface area contributed by atoms with Crippen molar-refractivity contribution in [3.63, 3.8) is 0 Å². The second kappa shape index (κ2) is 5.25. The van der Waals surface area contributed by atoms with E-state index in [1.807, 2.05) is 24.3 Å². The molecule has 21 heavy (non-hydrogen) atoms. The van der Waals surface area contributed by atoms with Crippen LogP contribution in [0, 0.1) is 5.41 Å². The fourth-order valence-corrected chi connectivity index (χ4v) is 3.79. The van der Waals surface area contributed by atoms with Crippen LogP contribution in [0.25, 0.3) is 0 Å². The molecule has 1 spiro atoms. The van der Waals surface area contributed by atoms with E-state index in [2.05, 4.69) is 32.1 Å². The molecule has 0 aromatic heterocycles. The zero-order valence-corrected chi connectivity index (χ0v) is 14.2. The van der Waals surface area contributed by atoms with E-state index in [4.69, 9.17) is 12.2 Å². The third-order valence-electron chi connectivity index (χ3n) is 4.64. The Morgan fingerprint density at radius 3 is 2.57 bits per heavy atom. The van der Waals surface area contributed by atoms with Gasteiger partial charge in [-0.15, -0.1) is 0 Å². The van der Waals surface area contributed by atoms with Gasteiger partial charge in [0.1, 0.15) is 0 Å². The minimum absolute atomic E-state index is 0.00396. The fourth-order valence-electron chi connectivity index (χ4n) is 3.34. The number of benzene rings is 1. The van der Waals surface area contributed by atoms with E-state index in [9.17, 15) is 4.79 Å². The Kier molecular flexibility index (Phi) is 3.69. The summed E-state index contributed by atoms with van der Waals surface area (Å²) in [6.45, 7) is 0. The number of halogens is 1. The highest BCUT2D eigenvalue weighted by molar-refractivity contribution is 9.10. The van der Waals surface area contributed by atoms with Crippen LogP contribution >= 0.6 is 28.1 Å². The molecular weight excluding hydrogens is 350 g/mol. The van der Waals surface area contributed by atoms with Gasteiger partial charge in [-0.3, -0.25) is 15.6 Å². The average molecular weight is 368 g/mol. The van der Waals surface area contributed by atoms with E-state index in [1.54, 1.807) is 7.05 Å². The van der Waals surface area contributed by atoms with E-state index in [0.29, 0.717) is 10.5 Å². The van der Waals surface area contributed by atoms with Crippen molar-refractivity contribution in [2.45, 2.75) is 31.1 Å². The minimum Gasteiger partial charge on any atom is -0.364 e. The molecule has 0 bridgehead atoms. The van der Waals surface area contributed by atoms with Crippen molar-refractivity contribution < 1.29 is 4.79 Å². The standard InChI is InChI=1S/C15H18BrN3OS/c1-17-13(21)19-18-12(20)15(8-14(9-15)5-6-14)10-3-2-4-11(16)7-10/h2-4,7H,5-6,8-9H2,1H3,(H,18,20)(H2,17,19,21). The lowest BCUT2D eigenvalue weighted by atomic mass is 9.56. The Morgan fingerprint density at radius 2 is 2.00 bits per heavy atom. The molecule has 0 heterocycles. The Hall–Kier alpha value is -1.14. The fraction of sp³-hybridized carbons (Fsp3) is 0.467. The zero-order chi connectivity index (χ0) is 15.1. The number of carbonyl (C=O) groups is 1. The molecule has 0 unspecified atom stereocenters. The number of hydrogen-bond donors (Lipinski definition) is 3. The maximum absolute atomic E-state index is 12.7. The largest absolute Gasteiger partial charge is 0.364 e. The van der Waals surface area contributed by atoms with Crippen molar-refractivity contribution in [2.24, 2.45) is 5.41 Å². The summed E-state index contributed by atoms with van der Waals surface area (Å²) in [5.74, 6) is -0.00396. The third-order valence-corrected chi connectivity index (χ3v) is 5.44. The van der Waals surface area contributed by atoms with Crippen LogP contribution in [-0.4, -0.2) is 18.1 Å². The van der Waals surface area contributed by atoms with Crippen LogP contribution in [-0.2, 0) is 10.2 Å². The van der Waals surface area contributed by atoms with Gasteiger partial charge >= 0.3 is 0 Å². The lowest BCUT2D eigenvalue weighted by Gasteiger charge is -2.47. The first-order chi connectivity index (χ1) is 10.00. The van der Waals surface area contributed by atoms with Crippen LogP contribution in [0.5, 0.6) is 0 Å². The topological polar surface area (TPSA) is 53.2 Å². The van der Waals surface area contributed by atoms with Crippen molar-refractivity contribution >= 4 is 39.2 Å². The molecule has 3 rings (SSSR count). The molecule has 2 aliphatic rings. The third kappa shape index (κ3) is 2.66. The summed E-state index contributed by atoms with van der Waals surface area (Å²) in [7, 11) is 1.72. The molecule has 1 aromatic rings. The van der Waals surface area contributed by atoms with Gasteiger partial charge in [-0.25, -0.2) is 0 Å². The van der Waals surface area contributed by atoms with Crippen molar-refractivity contribution in [2.75, 3.05) is 7.05 Å². The first kappa shape index (κ1) is 14.8. The van der Waals surface area contributed by atoms with Gasteiger partial charge in [-0.1, -0.05) is 28.1 Å². The summed E-state index contributed by atoms with van der Waals surface area (Å²) < 4.78 is 1.00. The quantitative estimate of drug-likeness (QED) is 0.554. The monoisotopic (exact) mass is 367 g/mol. The average Bonchev–Trinajstić information content (AvgIpc) is 3.22. The Bertz CT molecular complexity index is 592. The van der Waals surface area contributed by atoms with Gasteiger partial charge < -0.3 is 5.32 Å². The van der Waals surface area contributed by atoms with Crippen molar-refractivity contribution in [1.82, 2.24) is 16.2 Å². The lowest BCUT2D eigenvalue weighted by Crippen LogP contribution is -2.58. The van der Waals surface area contributed by atoms with E-state index < -0.39 is 5.41 Å². The van der Waals surface area contributed by atoms with Crippen LogP contribution in [0.1, 0.15) is 31.2 Å². The Labute approximate surface area is 138 Å². The van der Waals surface area contributed by atoms with Crippen LogP contribution in [0.2, 0.25) is 0 Å². The number of hydrazine groups is 1. The van der Waals surface area contributed by atoms with Crippen LogP contribution in [0.15, 0.2) is 28.7 Å². The van der Waals surface area contributed by atoms with Crippen molar-refractivity contribution in [3.8, 4) is 0 Å². The molecule has 2 fully saturated rings. The number of carbonyl (C=O) groups excluding carboxylic acids is 1. The van der Waals surface area contributed by atoms with Crippen molar-refractivity contribution in [3.05, 3.63) is 34.3 Å². The molecule has 2 aliphatic carbocycles. The number of amides is 1. The van der Waals surface area contributed by atoms with Gasteiger partial charge in [0, 0.05) is 11.5 Å². The minimum atomic E-state index is -0.434. The molecule has 0 radical (unpaired) electrons. The predicted octanol–water partition coefficient (Wildman–Crippen LogP) is 2.39. The summed E-state index contributed by atoms with van der Waals surface area (Å²) in [5, 5.41) is 3.19. The SMILES string of the molecule is CNC(=S)NNC(=O)C1(c2cccc(Br)c2)CC2(CC2)C1. The highest BCUT2D eigenvalue weighted by Gasteiger charge is 2.64. The molecular formula is C15H18BrN3OS. The van der Waals surface area contributed by atoms with Crippen LogP contribution in [0.4, 0.5) is 0 Å². The lowest BCUT2D eigenvalue weighted by molar-refractivity contribution is -0.133. The Balaban J connectivity index is 1.81. The van der Waals surface area contributed by atoms with Gasteiger partial charge in [0.25, 0.3) is 0 Å². The normalized spacial score (nSPS) is 20.3. The van der Waals surface area contributed by atoms with Crippen molar-refractivity contribution in [1.29, 1.82) is 0 Å². The molecule has 112 valence electrons.